The first-order valence-electron chi connectivity index (χ1n) is 9.55. The predicted octanol–water partition coefficient (Wildman–Crippen LogP) is 1.91. The van der Waals surface area contributed by atoms with Crippen LogP contribution in [0.5, 0.6) is 0 Å². The Bertz CT molecular complexity index is 735. The van der Waals surface area contributed by atoms with Crippen molar-refractivity contribution in [3.05, 3.63) is 24.3 Å². The number of carbonyl (C=O) groups excluding carboxylic acids is 1. The van der Waals surface area contributed by atoms with E-state index in [1.807, 2.05) is 0 Å². The number of carbonyl (C=O) groups is 1. The van der Waals surface area contributed by atoms with Crippen LogP contribution in [0, 0.1) is 0 Å². The second-order valence-corrected chi connectivity index (χ2v) is 9.25. The van der Waals surface area contributed by atoms with Crippen molar-refractivity contribution in [3.8, 4) is 0 Å². The lowest BCUT2D eigenvalue weighted by Gasteiger charge is -2.41. The number of nitrogens with one attached hydrogen (secondary N) is 1. The van der Waals surface area contributed by atoms with Gasteiger partial charge in [-0.1, -0.05) is 0 Å². The molecule has 3 rings (SSSR count). The van der Waals surface area contributed by atoms with Gasteiger partial charge < -0.3 is 15.0 Å². The van der Waals surface area contributed by atoms with Crippen LogP contribution in [-0.4, -0.2) is 69.0 Å². The molecule has 1 amide bonds. The number of hydrogen-bond donors (Lipinski definition) is 1. The van der Waals surface area contributed by atoms with E-state index >= 15 is 0 Å². The summed E-state index contributed by atoms with van der Waals surface area (Å²) in [6.07, 6.45) is 4.19. The van der Waals surface area contributed by atoms with Crippen LogP contribution in [0.25, 0.3) is 0 Å². The third-order valence-electron chi connectivity index (χ3n) is 5.56. The van der Waals surface area contributed by atoms with Gasteiger partial charge in [-0.2, -0.15) is 4.31 Å². The fraction of sp³-hybridized carbons (Fsp3) is 0.632. The van der Waals surface area contributed by atoms with Gasteiger partial charge in [0.25, 0.3) is 0 Å². The highest BCUT2D eigenvalue weighted by Crippen LogP contribution is 2.26. The lowest BCUT2D eigenvalue weighted by atomic mass is 10.00. The molecule has 0 atom stereocenters. The first-order chi connectivity index (χ1) is 12.9. The molecule has 0 radical (unpaired) electrons. The van der Waals surface area contributed by atoms with E-state index < -0.39 is 10.0 Å². The molecule has 1 aromatic carbocycles. The van der Waals surface area contributed by atoms with Crippen molar-refractivity contribution in [1.82, 2.24) is 9.21 Å². The van der Waals surface area contributed by atoms with Gasteiger partial charge in [0.2, 0.25) is 15.9 Å². The Kier molecular flexibility index (Phi) is 6.52. The number of sulfonamides is 1. The number of likely N-dealkylation sites (tertiary alicyclic amines) is 1. The Morgan fingerprint density at radius 3 is 2.15 bits per heavy atom. The summed E-state index contributed by atoms with van der Waals surface area (Å²) >= 11 is 0. The molecule has 0 spiro atoms. The maximum absolute atomic E-state index is 12.9. The van der Waals surface area contributed by atoms with Crippen molar-refractivity contribution in [3.63, 3.8) is 0 Å². The summed E-state index contributed by atoms with van der Waals surface area (Å²) in [6.45, 7) is 4.57. The highest BCUT2D eigenvalue weighted by atomic mass is 32.2. The van der Waals surface area contributed by atoms with Gasteiger partial charge in [0, 0.05) is 51.9 Å². The number of nitrogens with zero attached hydrogens (tertiary/aromatic N) is 2. The lowest BCUT2D eigenvalue weighted by Crippen LogP contribution is -2.49. The van der Waals surface area contributed by atoms with Gasteiger partial charge in [-0.15, -0.1) is 0 Å². The number of piperidine rings is 2. The largest absolute Gasteiger partial charge is 0.381 e. The van der Waals surface area contributed by atoms with Gasteiger partial charge in [0.15, 0.2) is 0 Å². The standard InChI is InChI=1S/C19H29N3O4S/c1-15(23)20-16-3-5-19(6-4-16)27(24,25)22-13-7-17(8-14-22)21-11-9-18(26-2)10-12-21/h3-6,17-18H,7-14H2,1-2H3,(H,20,23). The van der Waals surface area contributed by atoms with E-state index in [1.165, 1.54) is 6.92 Å². The molecule has 1 aromatic rings. The molecule has 2 aliphatic rings. The highest BCUT2D eigenvalue weighted by molar-refractivity contribution is 7.89. The zero-order chi connectivity index (χ0) is 19.4. The molecular formula is C19H29N3O4S. The van der Waals surface area contributed by atoms with Crippen LogP contribution in [0.15, 0.2) is 29.2 Å². The van der Waals surface area contributed by atoms with Crippen LogP contribution in [0.3, 0.4) is 0 Å². The molecule has 0 unspecified atom stereocenters. The Morgan fingerprint density at radius 1 is 1.04 bits per heavy atom. The average Bonchev–Trinajstić information content (AvgIpc) is 2.68. The van der Waals surface area contributed by atoms with Gasteiger partial charge in [-0.25, -0.2) is 8.42 Å². The van der Waals surface area contributed by atoms with Crippen LogP contribution in [0.4, 0.5) is 5.69 Å². The minimum Gasteiger partial charge on any atom is -0.381 e. The molecule has 0 aromatic heterocycles. The predicted molar refractivity (Wildman–Crippen MR) is 104 cm³/mol. The number of anilines is 1. The number of benzene rings is 1. The summed E-state index contributed by atoms with van der Waals surface area (Å²) < 4.78 is 32.8. The third kappa shape index (κ3) is 4.87. The average molecular weight is 396 g/mol. The number of methoxy groups -OCH3 is 1. The van der Waals surface area contributed by atoms with E-state index in [4.69, 9.17) is 4.74 Å². The first-order valence-corrected chi connectivity index (χ1v) is 11.0. The molecule has 150 valence electrons. The third-order valence-corrected chi connectivity index (χ3v) is 7.48. The normalized spacial score (nSPS) is 21.3. The van der Waals surface area contributed by atoms with Gasteiger partial charge in [-0.3, -0.25) is 4.79 Å². The summed E-state index contributed by atoms with van der Waals surface area (Å²) in [4.78, 5) is 13.9. The second kappa shape index (κ2) is 8.68. The molecule has 2 saturated heterocycles. The Hall–Kier alpha value is -1.48. The molecule has 27 heavy (non-hydrogen) atoms. The number of rotatable bonds is 5. The van der Waals surface area contributed by atoms with Crippen LogP contribution < -0.4 is 5.32 Å². The van der Waals surface area contributed by atoms with E-state index in [0.29, 0.717) is 30.9 Å². The Labute approximate surface area is 161 Å². The van der Waals surface area contributed by atoms with Gasteiger partial charge >= 0.3 is 0 Å². The zero-order valence-corrected chi connectivity index (χ0v) is 16.9. The van der Waals surface area contributed by atoms with E-state index in [1.54, 1.807) is 35.7 Å². The van der Waals surface area contributed by atoms with Gasteiger partial charge in [-0.05, 0) is 49.9 Å². The second-order valence-electron chi connectivity index (χ2n) is 7.31. The summed E-state index contributed by atoms with van der Waals surface area (Å²) in [5, 5.41) is 2.65. The molecule has 7 nitrogen and oxygen atoms in total. The van der Waals surface area contributed by atoms with Crippen LogP contribution in [0.2, 0.25) is 0 Å². The summed E-state index contributed by atoms with van der Waals surface area (Å²) in [7, 11) is -1.72. The topological polar surface area (TPSA) is 79.0 Å². The monoisotopic (exact) mass is 395 g/mol. The van der Waals surface area contributed by atoms with Crippen LogP contribution in [0.1, 0.15) is 32.6 Å². The van der Waals surface area contributed by atoms with E-state index in [-0.39, 0.29) is 10.8 Å². The maximum Gasteiger partial charge on any atom is 0.243 e. The maximum atomic E-state index is 12.9. The van der Waals surface area contributed by atoms with E-state index in [9.17, 15) is 13.2 Å². The molecule has 2 aliphatic heterocycles. The molecule has 8 heteroatoms. The van der Waals surface area contributed by atoms with Crippen LogP contribution in [-0.2, 0) is 19.6 Å². The van der Waals surface area contributed by atoms with Crippen molar-refractivity contribution < 1.29 is 17.9 Å². The lowest BCUT2D eigenvalue weighted by molar-refractivity contribution is -0.114. The SMILES string of the molecule is COC1CCN(C2CCN(S(=O)(=O)c3ccc(NC(C)=O)cc3)CC2)CC1. The number of hydrogen-bond acceptors (Lipinski definition) is 5. The van der Waals surface area contributed by atoms with Gasteiger partial charge in [0.05, 0.1) is 11.0 Å². The molecule has 0 saturated carbocycles. The fourth-order valence-electron chi connectivity index (χ4n) is 3.99. The smallest absolute Gasteiger partial charge is 0.243 e. The van der Waals surface area contributed by atoms with Crippen LogP contribution >= 0.6 is 0 Å². The fourth-order valence-corrected chi connectivity index (χ4v) is 5.46. The molecule has 2 fully saturated rings. The van der Waals surface area contributed by atoms with Crippen molar-refractivity contribution >= 4 is 21.6 Å². The molecule has 1 N–H and O–H groups in total. The quantitative estimate of drug-likeness (QED) is 0.824. The zero-order valence-electron chi connectivity index (χ0n) is 16.1. The molecule has 2 heterocycles. The highest BCUT2D eigenvalue weighted by Gasteiger charge is 2.33. The minimum absolute atomic E-state index is 0.179. The first kappa shape index (κ1) is 20.3. The Balaban J connectivity index is 1.57. The number of amides is 1. The Morgan fingerprint density at radius 2 is 1.63 bits per heavy atom. The summed E-state index contributed by atoms with van der Waals surface area (Å²) in [5.41, 5.74) is 0.597. The van der Waals surface area contributed by atoms with Crippen molar-refractivity contribution in [2.75, 3.05) is 38.6 Å². The van der Waals surface area contributed by atoms with Gasteiger partial charge in [0.1, 0.15) is 0 Å². The molecule has 0 aliphatic carbocycles. The molecule has 0 bridgehead atoms. The minimum atomic E-state index is -3.49. The number of ether oxygens (including phenoxy) is 1. The van der Waals surface area contributed by atoms with Crippen molar-refractivity contribution in [2.24, 2.45) is 0 Å². The van der Waals surface area contributed by atoms with E-state index in [2.05, 4.69) is 10.2 Å². The molecular weight excluding hydrogens is 366 g/mol. The summed E-state index contributed by atoms with van der Waals surface area (Å²) in [5.74, 6) is -0.179. The van der Waals surface area contributed by atoms with E-state index in [0.717, 1.165) is 38.8 Å². The summed E-state index contributed by atoms with van der Waals surface area (Å²) in [6, 6.07) is 6.82. The van der Waals surface area contributed by atoms with Crippen molar-refractivity contribution in [1.29, 1.82) is 0 Å². The van der Waals surface area contributed by atoms with Crippen molar-refractivity contribution in [2.45, 2.75) is 49.6 Å².